The second kappa shape index (κ2) is 12.2. The molecule has 1 amide bonds. The second-order valence-corrected chi connectivity index (χ2v) is 15.4. The van der Waals surface area contributed by atoms with Gasteiger partial charge in [-0.15, -0.1) is 0 Å². The molecular formula is C31H37N3O7S2. The highest BCUT2D eigenvalue weighted by molar-refractivity contribution is 7.92. The molecule has 2 heterocycles. The lowest BCUT2D eigenvalue weighted by atomic mass is 9.86. The number of hydrogen-bond donors (Lipinski definition) is 1. The maximum atomic E-state index is 13.7. The molecule has 0 aliphatic carbocycles. The van der Waals surface area contributed by atoms with Crippen molar-refractivity contribution in [3.8, 4) is 11.5 Å². The van der Waals surface area contributed by atoms with Crippen LogP contribution in [0.4, 0.5) is 5.69 Å². The van der Waals surface area contributed by atoms with Crippen LogP contribution in [-0.2, 0) is 30.3 Å². The fourth-order valence-electron chi connectivity index (χ4n) is 5.04. The molecule has 2 aliphatic rings. The van der Waals surface area contributed by atoms with Gasteiger partial charge in [0.05, 0.1) is 28.6 Å². The molecule has 230 valence electrons. The van der Waals surface area contributed by atoms with Gasteiger partial charge >= 0.3 is 0 Å². The standard InChI is InChI=1S/C31H37N3O7S2/c1-31(2,3)23-11-16-28-27(21-23)34(43(38,39)25-9-5-4-6-10-25)22-29(41-28)30(35)32-17-20-40-24-12-14-26(15-13-24)42(36,37)33-18-7-8-19-33/h4-6,9-16,21,29H,7-8,17-20,22H2,1-3H3,(H,32,35). The maximum Gasteiger partial charge on any atom is 0.264 e. The summed E-state index contributed by atoms with van der Waals surface area (Å²) in [5.41, 5.74) is 1.09. The summed E-state index contributed by atoms with van der Waals surface area (Å²) in [6.07, 6.45) is 0.647. The van der Waals surface area contributed by atoms with E-state index in [9.17, 15) is 21.6 Å². The van der Waals surface area contributed by atoms with Crippen LogP contribution in [0, 0.1) is 0 Å². The first-order valence-electron chi connectivity index (χ1n) is 14.3. The molecule has 10 nitrogen and oxygen atoms in total. The van der Waals surface area contributed by atoms with Crippen molar-refractivity contribution >= 4 is 31.6 Å². The van der Waals surface area contributed by atoms with Gasteiger partial charge in [0, 0.05) is 13.1 Å². The minimum absolute atomic E-state index is 0.119. The van der Waals surface area contributed by atoms with Gasteiger partial charge in [-0.25, -0.2) is 16.8 Å². The Morgan fingerprint density at radius 2 is 1.56 bits per heavy atom. The molecule has 1 saturated heterocycles. The smallest absolute Gasteiger partial charge is 0.264 e. The van der Waals surface area contributed by atoms with Gasteiger partial charge < -0.3 is 14.8 Å². The molecule has 43 heavy (non-hydrogen) atoms. The van der Waals surface area contributed by atoms with Crippen LogP contribution < -0.4 is 19.1 Å². The molecule has 12 heteroatoms. The topological polar surface area (TPSA) is 122 Å². The molecule has 1 unspecified atom stereocenters. The number of fused-ring (bicyclic) bond motifs is 1. The van der Waals surface area contributed by atoms with E-state index in [4.69, 9.17) is 9.47 Å². The zero-order valence-corrected chi connectivity index (χ0v) is 26.2. The van der Waals surface area contributed by atoms with Gasteiger partial charge in [-0.2, -0.15) is 4.31 Å². The fraction of sp³-hybridized carbons (Fsp3) is 0.387. The van der Waals surface area contributed by atoms with E-state index in [0.29, 0.717) is 30.3 Å². The number of amides is 1. The van der Waals surface area contributed by atoms with Crippen LogP contribution in [0.1, 0.15) is 39.2 Å². The summed E-state index contributed by atoms with van der Waals surface area (Å²) in [5, 5.41) is 2.76. The molecule has 2 aliphatic heterocycles. The van der Waals surface area contributed by atoms with E-state index in [1.165, 1.54) is 32.9 Å². The van der Waals surface area contributed by atoms with Crippen molar-refractivity contribution in [3.63, 3.8) is 0 Å². The number of benzene rings is 3. The number of sulfonamides is 2. The van der Waals surface area contributed by atoms with Gasteiger partial charge in [0.1, 0.15) is 18.1 Å². The summed E-state index contributed by atoms with van der Waals surface area (Å²) >= 11 is 0. The molecule has 0 saturated carbocycles. The number of nitrogens with zero attached hydrogens (tertiary/aromatic N) is 2. The minimum Gasteiger partial charge on any atom is -0.492 e. The Morgan fingerprint density at radius 1 is 0.907 bits per heavy atom. The van der Waals surface area contributed by atoms with Gasteiger partial charge in [0.25, 0.3) is 15.9 Å². The number of carbonyl (C=O) groups is 1. The molecular weight excluding hydrogens is 590 g/mol. The summed E-state index contributed by atoms with van der Waals surface area (Å²) in [6.45, 7) is 7.24. The molecule has 1 fully saturated rings. The summed E-state index contributed by atoms with van der Waals surface area (Å²) in [5.74, 6) is 0.292. The highest BCUT2D eigenvalue weighted by Gasteiger charge is 2.38. The summed E-state index contributed by atoms with van der Waals surface area (Å²) in [6, 6.07) is 19.7. The molecule has 0 aromatic heterocycles. The van der Waals surface area contributed by atoms with Crippen molar-refractivity contribution < 1.29 is 31.1 Å². The first kappa shape index (κ1) is 30.8. The third-order valence-corrected chi connectivity index (χ3v) is 11.2. The van der Waals surface area contributed by atoms with Crippen molar-refractivity contribution in [2.45, 2.75) is 54.9 Å². The monoisotopic (exact) mass is 627 g/mol. The number of ether oxygens (including phenoxy) is 2. The lowest BCUT2D eigenvalue weighted by Gasteiger charge is -2.36. The van der Waals surface area contributed by atoms with Crippen LogP contribution in [0.3, 0.4) is 0 Å². The van der Waals surface area contributed by atoms with Crippen LogP contribution in [0.5, 0.6) is 11.5 Å². The van der Waals surface area contributed by atoms with Crippen LogP contribution >= 0.6 is 0 Å². The van der Waals surface area contributed by atoms with Crippen molar-refractivity contribution in [3.05, 3.63) is 78.4 Å². The Morgan fingerprint density at radius 3 is 2.21 bits per heavy atom. The molecule has 1 N–H and O–H groups in total. The average Bonchev–Trinajstić information content (AvgIpc) is 3.55. The maximum absolute atomic E-state index is 13.7. The van der Waals surface area contributed by atoms with Crippen LogP contribution in [0.2, 0.25) is 0 Å². The summed E-state index contributed by atoms with van der Waals surface area (Å²) in [7, 11) is -7.49. The Bertz CT molecular complexity index is 1660. The highest BCUT2D eigenvalue weighted by atomic mass is 32.2. The fourth-order valence-corrected chi connectivity index (χ4v) is 8.05. The van der Waals surface area contributed by atoms with Crippen LogP contribution in [0.25, 0.3) is 0 Å². The van der Waals surface area contributed by atoms with E-state index in [-0.39, 0.29) is 34.9 Å². The van der Waals surface area contributed by atoms with Crippen molar-refractivity contribution in [1.82, 2.24) is 9.62 Å². The lowest BCUT2D eigenvalue weighted by molar-refractivity contribution is -0.127. The number of anilines is 1. The number of hydrogen-bond acceptors (Lipinski definition) is 7. The summed E-state index contributed by atoms with van der Waals surface area (Å²) in [4.78, 5) is 13.5. The van der Waals surface area contributed by atoms with Gasteiger partial charge in [-0.05, 0) is 72.4 Å². The summed E-state index contributed by atoms with van der Waals surface area (Å²) < 4.78 is 67.3. The van der Waals surface area contributed by atoms with E-state index in [1.807, 2.05) is 26.8 Å². The van der Waals surface area contributed by atoms with Crippen molar-refractivity contribution in [2.75, 3.05) is 37.1 Å². The van der Waals surface area contributed by atoms with Crippen molar-refractivity contribution in [1.29, 1.82) is 0 Å². The van der Waals surface area contributed by atoms with E-state index in [2.05, 4.69) is 5.32 Å². The molecule has 3 aromatic carbocycles. The van der Waals surface area contributed by atoms with Gasteiger partial charge in [-0.1, -0.05) is 45.0 Å². The van der Waals surface area contributed by atoms with E-state index in [0.717, 1.165) is 18.4 Å². The largest absolute Gasteiger partial charge is 0.492 e. The zero-order chi connectivity index (χ0) is 30.8. The van der Waals surface area contributed by atoms with Gasteiger partial charge in [0.15, 0.2) is 6.10 Å². The van der Waals surface area contributed by atoms with E-state index >= 15 is 0 Å². The molecule has 0 radical (unpaired) electrons. The Labute approximate surface area is 253 Å². The van der Waals surface area contributed by atoms with Gasteiger partial charge in [0.2, 0.25) is 10.0 Å². The minimum atomic E-state index is -3.98. The third-order valence-electron chi connectivity index (χ3n) is 7.51. The first-order valence-corrected chi connectivity index (χ1v) is 17.1. The number of nitrogens with one attached hydrogen (secondary N) is 1. The van der Waals surface area contributed by atoms with Crippen LogP contribution in [0.15, 0.2) is 82.6 Å². The third kappa shape index (κ3) is 6.66. The van der Waals surface area contributed by atoms with Gasteiger partial charge in [-0.3, -0.25) is 9.10 Å². The molecule has 5 rings (SSSR count). The Kier molecular flexibility index (Phi) is 8.73. The quantitative estimate of drug-likeness (QED) is 0.357. The van der Waals surface area contributed by atoms with Crippen LogP contribution in [-0.4, -0.2) is 65.9 Å². The van der Waals surface area contributed by atoms with Crippen molar-refractivity contribution in [2.24, 2.45) is 0 Å². The Hall–Kier alpha value is -3.61. The first-order chi connectivity index (χ1) is 20.4. The zero-order valence-electron chi connectivity index (χ0n) is 24.5. The highest BCUT2D eigenvalue weighted by Crippen LogP contribution is 2.40. The van der Waals surface area contributed by atoms with E-state index < -0.39 is 32.1 Å². The molecule has 0 bridgehead atoms. The Balaban J connectivity index is 1.24. The van der Waals surface area contributed by atoms with E-state index in [1.54, 1.807) is 42.5 Å². The SMILES string of the molecule is CC(C)(C)c1ccc2c(c1)N(S(=O)(=O)c1ccccc1)CC(C(=O)NCCOc1ccc(S(=O)(=O)N3CCCC3)cc1)O2. The molecule has 0 spiro atoms. The molecule has 3 aromatic rings. The normalized spacial score (nSPS) is 17.7. The average molecular weight is 628 g/mol. The lowest BCUT2D eigenvalue weighted by Crippen LogP contribution is -2.51. The predicted octanol–water partition coefficient (Wildman–Crippen LogP) is 3.92. The second-order valence-electron chi connectivity index (χ2n) is 11.6. The molecule has 1 atom stereocenters. The predicted molar refractivity (Wildman–Crippen MR) is 163 cm³/mol. The number of carbonyl (C=O) groups excluding carboxylic acids is 1. The number of rotatable bonds is 9.